The van der Waals surface area contributed by atoms with Gasteiger partial charge in [0.15, 0.2) is 0 Å². The first kappa shape index (κ1) is 7.23. The Morgan fingerprint density at radius 3 is 2.50 bits per heavy atom. The smallest absolute Gasteiger partial charge is 0.398 e. The highest BCUT2D eigenvalue weighted by atomic mass is 16.6. The van der Waals surface area contributed by atoms with E-state index in [1.165, 1.54) is 0 Å². The molecule has 4 heteroatoms. The van der Waals surface area contributed by atoms with E-state index < -0.39 is 6.09 Å². The first-order valence-corrected chi connectivity index (χ1v) is 2.26. The van der Waals surface area contributed by atoms with Crippen LogP contribution in [-0.2, 0) is 4.74 Å². The second kappa shape index (κ2) is 3.26. The van der Waals surface area contributed by atoms with Crippen molar-refractivity contribution < 1.29 is 9.53 Å². The molecule has 0 saturated carbocycles. The maximum atomic E-state index is 10.1. The molecule has 0 aromatic heterocycles. The number of amides is 1. The SMILES string of the molecule is CCOC(=O)N(C)[O-]. The van der Waals surface area contributed by atoms with Gasteiger partial charge < -0.3 is 15.0 Å². The molecule has 0 aliphatic heterocycles. The van der Waals surface area contributed by atoms with Crippen molar-refractivity contribution in [2.45, 2.75) is 6.92 Å². The van der Waals surface area contributed by atoms with Crippen molar-refractivity contribution in [1.29, 1.82) is 0 Å². The van der Waals surface area contributed by atoms with Crippen LogP contribution < -0.4 is 0 Å². The molecule has 1 amide bonds. The standard InChI is InChI=1S/C4H8NO3/c1-3-8-4(6)5(2)7/h3H2,1-2H3/q-1. The molecule has 0 bridgehead atoms. The minimum atomic E-state index is -0.840. The van der Waals surface area contributed by atoms with E-state index in [-0.39, 0.29) is 11.7 Å². The van der Waals surface area contributed by atoms with Gasteiger partial charge in [0, 0.05) is 7.05 Å². The Labute approximate surface area is 47.6 Å². The topological polar surface area (TPSA) is 52.6 Å². The lowest BCUT2D eigenvalue weighted by atomic mass is 10.9. The van der Waals surface area contributed by atoms with Crippen LogP contribution in [0.15, 0.2) is 0 Å². The van der Waals surface area contributed by atoms with Crippen LogP contribution >= 0.6 is 0 Å². The minimum absolute atomic E-state index is 0.142. The number of rotatable bonds is 1. The van der Waals surface area contributed by atoms with Crippen molar-refractivity contribution >= 4 is 6.09 Å². The summed E-state index contributed by atoms with van der Waals surface area (Å²) in [5.74, 6) is 0. The molecular formula is C4H8NO3-. The predicted molar refractivity (Wildman–Crippen MR) is 28.2 cm³/mol. The Kier molecular flexibility index (Phi) is 2.95. The maximum Gasteiger partial charge on any atom is 0.398 e. The van der Waals surface area contributed by atoms with Crippen molar-refractivity contribution in [3.8, 4) is 0 Å². The molecule has 8 heavy (non-hydrogen) atoms. The van der Waals surface area contributed by atoms with Gasteiger partial charge in [0.1, 0.15) is 0 Å². The monoisotopic (exact) mass is 118 g/mol. The summed E-state index contributed by atoms with van der Waals surface area (Å²) in [4.78, 5) is 10.1. The Balaban J connectivity index is 3.33. The van der Waals surface area contributed by atoms with Crippen LogP contribution in [0.5, 0.6) is 0 Å². The number of nitrogens with zero attached hydrogens (tertiary/aromatic N) is 1. The van der Waals surface area contributed by atoms with Crippen LogP contribution in [0.4, 0.5) is 4.79 Å². The third-order valence-electron chi connectivity index (χ3n) is 0.525. The second-order valence-corrected chi connectivity index (χ2v) is 1.20. The van der Waals surface area contributed by atoms with Gasteiger partial charge in [0.25, 0.3) is 0 Å². The van der Waals surface area contributed by atoms with Crippen molar-refractivity contribution in [2.75, 3.05) is 13.7 Å². The molecule has 0 radical (unpaired) electrons. The molecule has 0 aromatic rings. The van der Waals surface area contributed by atoms with Crippen LogP contribution in [0.25, 0.3) is 0 Å². The van der Waals surface area contributed by atoms with Crippen LogP contribution in [0, 0.1) is 5.21 Å². The van der Waals surface area contributed by atoms with Gasteiger partial charge >= 0.3 is 6.09 Å². The summed E-state index contributed by atoms with van der Waals surface area (Å²) in [6.45, 7) is 1.88. The molecule has 0 saturated heterocycles. The molecular weight excluding hydrogens is 110 g/mol. The van der Waals surface area contributed by atoms with Crippen molar-refractivity contribution in [3.05, 3.63) is 5.21 Å². The van der Waals surface area contributed by atoms with E-state index >= 15 is 0 Å². The zero-order chi connectivity index (χ0) is 6.57. The fourth-order valence-electron chi connectivity index (χ4n) is 0.214. The van der Waals surface area contributed by atoms with Gasteiger partial charge in [-0.2, -0.15) is 0 Å². The van der Waals surface area contributed by atoms with Crippen LogP contribution in [-0.4, -0.2) is 24.8 Å². The first-order valence-electron chi connectivity index (χ1n) is 2.26. The summed E-state index contributed by atoms with van der Waals surface area (Å²) < 4.78 is 4.28. The Morgan fingerprint density at radius 2 is 2.38 bits per heavy atom. The number of hydroxylamine groups is 2. The van der Waals surface area contributed by atoms with Crippen LogP contribution in [0.2, 0.25) is 0 Å². The van der Waals surface area contributed by atoms with Gasteiger partial charge in [-0.1, -0.05) is 0 Å². The zero-order valence-corrected chi connectivity index (χ0v) is 4.88. The molecule has 0 N–H and O–H groups in total. The average Bonchev–Trinajstić information content (AvgIpc) is 1.67. The number of hydrogen-bond acceptors (Lipinski definition) is 3. The highest BCUT2D eigenvalue weighted by Gasteiger charge is 1.94. The molecule has 48 valence electrons. The van der Waals surface area contributed by atoms with Gasteiger partial charge in [-0.15, -0.1) is 0 Å². The zero-order valence-electron chi connectivity index (χ0n) is 4.88. The fraction of sp³-hybridized carbons (Fsp3) is 0.750. The quantitative estimate of drug-likeness (QED) is 0.473. The van der Waals surface area contributed by atoms with E-state index in [0.717, 1.165) is 7.05 Å². The summed E-state index contributed by atoms with van der Waals surface area (Å²) in [5, 5.41) is 10.1. The Hall–Kier alpha value is -0.770. The summed E-state index contributed by atoms with van der Waals surface area (Å²) in [6, 6.07) is 0. The van der Waals surface area contributed by atoms with Crippen molar-refractivity contribution in [1.82, 2.24) is 5.06 Å². The summed E-state index contributed by atoms with van der Waals surface area (Å²) in [6.07, 6.45) is -0.840. The molecule has 0 aromatic carbocycles. The van der Waals surface area contributed by atoms with E-state index in [2.05, 4.69) is 4.74 Å². The number of ether oxygens (including phenoxy) is 1. The van der Waals surface area contributed by atoms with E-state index in [1.54, 1.807) is 6.92 Å². The van der Waals surface area contributed by atoms with Gasteiger partial charge in [-0.3, -0.25) is 0 Å². The highest BCUT2D eigenvalue weighted by Crippen LogP contribution is 1.83. The summed E-state index contributed by atoms with van der Waals surface area (Å²) in [5.41, 5.74) is 0. The lowest BCUT2D eigenvalue weighted by molar-refractivity contribution is 0.129. The minimum Gasteiger partial charge on any atom is -0.754 e. The number of hydrogen-bond donors (Lipinski definition) is 0. The predicted octanol–water partition coefficient (Wildman–Crippen LogP) is 0.573. The average molecular weight is 118 g/mol. The van der Waals surface area contributed by atoms with E-state index in [1.807, 2.05) is 0 Å². The third kappa shape index (κ3) is 2.41. The highest BCUT2D eigenvalue weighted by molar-refractivity contribution is 5.67. The fourth-order valence-corrected chi connectivity index (χ4v) is 0.214. The van der Waals surface area contributed by atoms with E-state index in [9.17, 15) is 10.0 Å². The number of carbonyl (C=O) groups excluding carboxylic acids is 1. The molecule has 4 nitrogen and oxygen atoms in total. The molecule has 0 aliphatic carbocycles. The summed E-state index contributed by atoms with van der Waals surface area (Å²) in [7, 11) is 1.10. The van der Waals surface area contributed by atoms with Gasteiger partial charge in [-0.25, -0.2) is 4.79 Å². The molecule has 0 rings (SSSR count). The maximum absolute atomic E-state index is 10.1. The second-order valence-electron chi connectivity index (χ2n) is 1.20. The van der Waals surface area contributed by atoms with E-state index in [0.29, 0.717) is 0 Å². The molecule has 0 unspecified atom stereocenters. The van der Waals surface area contributed by atoms with E-state index in [4.69, 9.17) is 0 Å². The van der Waals surface area contributed by atoms with Gasteiger partial charge in [0.2, 0.25) is 0 Å². The van der Waals surface area contributed by atoms with Crippen molar-refractivity contribution in [3.63, 3.8) is 0 Å². The largest absolute Gasteiger partial charge is 0.754 e. The molecule has 0 heterocycles. The summed E-state index contributed by atoms with van der Waals surface area (Å²) >= 11 is 0. The molecule has 0 fully saturated rings. The third-order valence-corrected chi connectivity index (χ3v) is 0.525. The molecule has 0 atom stereocenters. The van der Waals surface area contributed by atoms with Crippen LogP contribution in [0.1, 0.15) is 6.92 Å². The molecule has 0 spiro atoms. The Bertz CT molecular complexity index is 81.4. The first-order chi connectivity index (χ1) is 3.68. The van der Waals surface area contributed by atoms with Crippen LogP contribution in [0.3, 0.4) is 0 Å². The van der Waals surface area contributed by atoms with Gasteiger partial charge in [-0.05, 0) is 6.92 Å². The van der Waals surface area contributed by atoms with Gasteiger partial charge in [0.05, 0.1) is 6.61 Å². The Morgan fingerprint density at radius 1 is 1.88 bits per heavy atom. The molecule has 0 aliphatic rings. The lowest BCUT2D eigenvalue weighted by Crippen LogP contribution is -2.20. The number of carbonyl (C=O) groups is 1. The lowest BCUT2D eigenvalue weighted by Gasteiger charge is -2.20. The van der Waals surface area contributed by atoms with Crippen molar-refractivity contribution in [2.24, 2.45) is 0 Å². The normalized spacial score (nSPS) is 8.38.